The molecule has 21 heavy (non-hydrogen) atoms. The first kappa shape index (κ1) is 13.1. The smallest absolute Gasteiger partial charge is 0.243 e. The van der Waals surface area contributed by atoms with Crippen LogP contribution in [0.4, 0.5) is 0 Å². The van der Waals surface area contributed by atoms with Gasteiger partial charge in [-0.05, 0) is 54.9 Å². The molecule has 1 aromatic rings. The lowest BCUT2D eigenvalue weighted by atomic mass is 9.90. The first-order valence-corrected chi connectivity index (χ1v) is 8.19. The second kappa shape index (κ2) is 5.28. The third-order valence-electron chi connectivity index (χ3n) is 5.59. The lowest BCUT2D eigenvalue weighted by Crippen LogP contribution is -2.22. The minimum absolute atomic E-state index is 0.0864. The van der Waals surface area contributed by atoms with Crippen LogP contribution in [-0.2, 0) is 4.79 Å². The van der Waals surface area contributed by atoms with Gasteiger partial charge in [-0.2, -0.15) is 5.10 Å². The molecule has 3 aliphatic rings. The molecule has 3 nitrogen and oxygen atoms in total. The Morgan fingerprint density at radius 3 is 2.71 bits per heavy atom. The number of hydrazone groups is 1. The molecule has 3 saturated carbocycles. The van der Waals surface area contributed by atoms with Crippen LogP contribution in [0.3, 0.4) is 0 Å². The summed E-state index contributed by atoms with van der Waals surface area (Å²) in [5.41, 5.74) is 4.03. The summed E-state index contributed by atoms with van der Waals surface area (Å²) in [4.78, 5) is 12.1. The molecule has 0 unspecified atom stereocenters. The molecule has 0 radical (unpaired) electrons. The van der Waals surface area contributed by atoms with Crippen LogP contribution >= 0.6 is 0 Å². The quantitative estimate of drug-likeness (QED) is 0.668. The Bertz CT molecular complexity index is 554. The highest BCUT2D eigenvalue weighted by Crippen LogP contribution is 2.48. The predicted molar refractivity (Wildman–Crippen MR) is 82.9 cm³/mol. The van der Waals surface area contributed by atoms with E-state index in [0.29, 0.717) is 11.8 Å². The van der Waals surface area contributed by atoms with Crippen molar-refractivity contribution in [2.75, 3.05) is 0 Å². The van der Waals surface area contributed by atoms with Crippen LogP contribution in [0.2, 0.25) is 0 Å². The number of nitrogens with one attached hydrogen (secondary N) is 1. The molecular formula is C18H22N2O. The topological polar surface area (TPSA) is 41.5 Å². The molecule has 0 aromatic heterocycles. The molecule has 110 valence electrons. The molecule has 0 aliphatic heterocycles. The third kappa shape index (κ3) is 2.61. The highest BCUT2D eigenvalue weighted by atomic mass is 16.2. The molecule has 2 bridgehead atoms. The summed E-state index contributed by atoms with van der Waals surface area (Å²) in [5, 5.41) is 4.24. The van der Waals surface area contributed by atoms with Crippen LogP contribution in [-0.4, -0.2) is 12.1 Å². The second-order valence-corrected chi connectivity index (χ2v) is 6.95. The Labute approximate surface area is 125 Å². The van der Waals surface area contributed by atoms with Gasteiger partial charge in [0.25, 0.3) is 0 Å². The van der Waals surface area contributed by atoms with Gasteiger partial charge in [-0.1, -0.05) is 36.8 Å². The van der Waals surface area contributed by atoms with Crippen molar-refractivity contribution in [3.05, 3.63) is 35.9 Å². The molecule has 4 rings (SSSR count). The standard InChI is InChI=1S/C18H22N2O/c21-18(17-10-16(17)13-4-2-1-3-5-13)20-19-11-15-9-12-6-7-14(15)8-12/h1-5,11-12,14-17H,6-10H2,(H,20,21)/b19-11-/t12-,14+,15+,16+,17+/m0/s1. The van der Waals surface area contributed by atoms with E-state index in [1.165, 1.54) is 31.2 Å². The van der Waals surface area contributed by atoms with Crippen molar-refractivity contribution in [1.82, 2.24) is 5.43 Å². The first-order valence-electron chi connectivity index (χ1n) is 8.19. The van der Waals surface area contributed by atoms with Crippen LogP contribution < -0.4 is 5.43 Å². The molecule has 3 aliphatic carbocycles. The van der Waals surface area contributed by atoms with E-state index < -0.39 is 0 Å². The molecule has 0 saturated heterocycles. The Morgan fingerprint density at radius 1 is 1.14 bits per heavy atom. The van der Waals surface area contributed by atoms with Gasteiger partial charge in [-0.3, -0.25) is 4.79 Å². The van der Waals surface area contributed by atoms with Crippen molar-refractivity contribution in [2.24, 2.45) is 28.8 Å². The molecule has 5 atom stereocenters. The van der Waals surface area contributed by atoms with Gasteiger partial charge < -0.3 is 0 Å². The minimum atomic E-state index is 0.0864. The van der Waals surface area contributed by atoms with Crippen molar-refractivity contribution >= 4 is 12.1 Å². The van der Waals surface area contributed by atoms with E-state index in [1.54, 1.807) is 0 Å². The van der Waals surface area contributed by atoms with Crippen LogP contribution in [0.25, 0.3) is 0 Å². The molecule has 3 fully saturated rings. The lowest BCUT2D eigenvalue weighted by Gasteiger charge is -2.16. The van der Waals surface area contributed by atoms with Crippen molar-refractivity contribution in [3.63, 3.8) is 0 Å². The van der Waals surface area contributed by atoms with Gasteiger partial charge in [0.1, 0.15) is 0 Å². The number of benzene rings is 1. The Balaban J connectivity index is 1.28. The maximum absolute atomic E-state index is 12.1. The molecule has 0 spiro atoms. The van der Waals surface area contributed by atoms with Crippen molar-refractivity contribution in [3.8, 4) is 0 Å². The second-order valence-electron chi connectivity index (χ2n) is 6.95. The van der Waals surface area contributed by atoms with Crippen molar-refractivity contribution in [2.45, 2.75) is 38.0 Å². The molecule has 1 amide bonds. The number of hydrogen-bond acceptors (Lipinski definition) is 2. The summed E-state index contributed by atoms with van der Waals surface area (Å²) < 4.78 is 0. The van der Waals surface area contributed by atoms with Gasteiger partial charge in [-0.15, -0.1) is 0 Å². The summed E-state index contributed by atoms with van der Waals surface area (Å²) in [5.74, 6) is 2.95. The average Bonchev–Trinajstić information content (AvgIpc) is 3.06. The predicted octanol–water partition coefficient (Wildman–Crippen LogP) is 3.33. The van der Waals surface area contributed by atoms with Crippen LogP contribution in [0, 0.1) is 23.7 Å². The zero-order valence-corrected chi connectivity index (χ0v) is 12.2. The van der Waals surface area contributed by atoms with E-state index in [4.69, 9.17) is 0 Å². The Kier molecular flexibility index (Phi) is 3.28. The Hall–Kier alpha value is -1.64. The van der Waals surface area contributed by atoms with Gasteiger partial charge in [-0.25, -0.2) is 5.43 Å². The van der Waals surface area contributed by atoms with Gasteiger partial charge >= 0.3 is 0 Å². The average molecular weight is 282 g/mol. The van der Waals surface area contributed by atoms with Gasteiger partial charge in [0, 0.05) is 12.1 Å². The third-order valence-corrected chi connectivity index (χ3v) is 5.59. The fourth-order valence-corrected chi connectivity index (χ4v) is 4.31. The summed E-state index contributed by atoms with van der Waals surface area (Å²) in [6.45, 7) is 0. The SMILES string of the molecule is O=C(N/N=C\[C@H]1C[C@H]2CC[C@@H]1C2)[C@@H]1C[C@@H]1c1ccccc1. The number of fused-ring (bicyclic) bond motifs is 2. The van der Waals surface area contributed by atoms with Crippen LogP contribution in [0.5, 0.6) is 0 Å². The molecule has 1 aromatic carbocycles. The van der Waals surface area contributed by atoms with Gasteiger partial charge in [0.2, 0.25) is 5.91 Å². The monoisotopic (exact) mass is 282 g/mol. The largest absolute Gasteiger partial charge is 0.273 e. The number of carbonyl (C=O) groups excluding carboxylic acids is 1. The first-order chi connectivity index (χ1) is 10.3. The highest BCUT2D eigenvalue weighted by molar-refractivity contribution is 5.83. The summed E-state index contributed by atoms with van der Waals surface area (Å²) >= 11 is 0. The fourth-order valence-electron chi connectivity index (χ4n) is 4.31. The highest BCUT2D eigenvalue weighted by Gasteiger charge is 2.44. The van der Waals surface area contributed by atoms with E-state index in [1.807, 2.05) is 24.4 Å². The van der Waals surface area contributed by atoms with E-state index in [9.17, 15) is 4.79 Å². The van der Waals surface area contributed by atoms with Crippen molar-refractivity contribution in [1.29, 1.82) is 0 Å². The molecule has 0 heterocycles. The van der Waals surface area contributed by atoms with Crippen LogP contribution in [0.1, 0.15) is 43.6 Å². The van der Waals surface area contributed by atoms with E-state index in [2.05, 4.69) is 22.7 Å². The number of nitrogens with zero attached hydrogens (tertiary/aromatic N) is 1. The maximum Gasteiger partial charge on any atom is 0.243 e. The van der Waals surface area contributed by atoms with E-state index in [-0.39, 0.29) is 11.8 Å². The molecule has 1 N–H and O–H groups in total. The number of rotatable bonds is 4. The lowest BCUT2D eigenvalue weighted by molar-refractivity contribution is -0.122. The van der Waals surface area contributed by atoms with Gasteiger partial charge in [0.15, 0.2) is 0 Å². The van der Waals surface area contributed by atoms with Gasteiger partial charge in [0.05, 0.1) is 0 Å². The molecule has 3 heteroatoms. The minimum Gasteiger partial charge on any atom is -0.273 e. The summed E-state index contributed by atoms with van der Waals surface area (Å²) in [6, 6.07) is 10.3. The number of hydrogen-bond donors (Lipinski definition) is 1. The van der Waals surface area contributed by atoms with Crippen molar-refractivity contribution < 1.29 is 4.79 Å². The Morgan fingerprint density at radius 2 is 2.00 bits per heavy atom. The number of carbonyl (C=O) groups is 1. The summed E-state index contributed by atoms with van der Waals surface area (Å²) in [7, 11) is 0. The zero-order valence-electron chi connectivity index (χ0n) is 12.2. The van der Waals surface area contributed by atoms with E-state index in [0.717, 1.165) is 18.3 Å². The zero-order chi connectivity index (χ0) is 14.2. The van der Waals surface area contributed by atoms with Crippen LogP contribution in [0.15, 0.2) is 35.4 Å². The molecular weight excluding hydrogens is 260 g/mol. The summed E-state index contributed by atoms with van der Waals surface area (Å²) in [6.07, 6.45) is 8.38. The normalized spacial score (nSPS) is 37.0. The van der Waals surface area contributed by atoms with E-state index >= 15 is 0 Å². The fraction of sp³-hybridized carbons (Fsp3) is 0.556. The maximum atomic E-state index is 12.1. The number of amides is 1.